The second-order valence-corrected chi connectivity index (χ2v) is 6.10. The van der Waals surface area contributed by atoms with E-state index < -0.39 is 26.7 Å². The first-order chi connectivity index (χ1) is 6.90. The van der Waals surface area contributed by atoms with Crippen LogP contribution >= 0.6 is 0 Å². The number of amides is 1. The summed E-state index contributed by atoms with van der Waals surface area (Å²) >= 11 is 0. The van der Waals surface area contributed by atoms with Crippen molar-refractivity contribution in [3.8, 4) is 0 Å². The lowest BCUT2D eigenvalue weighted by Crippen LogP contribution is -2.46. The van der Waals surface area contributed by atoms with E-state index in [4.69, 9.17) is 5.73 Å². The molecule has 1 amide bonds. The summed E-state index contributed by atoms with van der Waals surface area (Å²) in [6.45, 7) is 1.78. The van der Waals surface area contributed by atoms with Crippen molar-refractivity contribution in [1.82, 2.24) is 4.72 Å². The van der Waals surface area contributed by atoms with E-state index >= 15 is 0 Å². The second-order valence-electron chi connectivity index (χ2n) is 4.14. The first-order valence-electron chi connectivity index (χ1n) is 4.91. The summed E-state index contributed by atoms with van der Waals surface area (Å²) < 4.78 is 25.0. The number of hydrogen-bond donors (Lipinski definition) is 2. The summed E-state index contributed by atoms with van der Waals surface area (Å²) in [6, 6.07) is 0. The Bertz CT molecular complexity index is 436. The standard InChI is InChI=1S/C9H14N2O3S/c1-2-6-5-9(6,10)8(12)11-15(13,14)7-3-4-7/h2,7H,3-5,10H2,1H3,(H,11,12)/b6-2+/t9-/m1/s1. The van der Waals surface area contributed by atoms with Crippen molar-refractivity contribution in [3.05, 3.63) is 11.6 Å². The van der Waals surface area contributed by atoms with E-state index in [0.717, 1.165) is 5.57 Å². The Hall–Kier alpha value is -0.880. The van der Waals surface area contributed by atoms with Gasteiger partial charge in [-0.15, -0.1) is 0 Å². The predicted molar refractivity (Wildman–Crippen MR) is 55.4 cm³/mol. The zero-order valence-electron chi connectivity index (χ0n) is 8.49. The van der Waals surface area contributed by atoms with Gasteiger partial charge in [0.25, 0.3) is 5.91 Å². The van der Waals surface area contributed by atoms with Crippen LogP contribution in [0, 0.1) is 0 Å². The molecule has 0 bridgehead atoms. The van der Waals surface area contributed by atoms with Crippen LogP contribution in [0.25, 0.3) is 0 Å². The first-order valence-corrected chi connectivity index (χ1v) is 6.45. The Morgan fingerprint density at radius 2 is 2.20 bits per heavy atom. The number of allylic oxidation sites excluding steroid dienone is 1. The molecule has 1 atom stereocenters. The van der Waals surface area contributed by atoms with Crippen molar-refractivity contribution >= 4 is 15.9 Å². The molecular weight excluding hydrogens is 216 g/mol. The van der Waals surface area contributed by atoms with Gasteiger partial charge in [-0.3, -0.25) is 9.52 Å². The van der Waals surface area contributed by atoms with E-state index in [0.29, 0.717) is 19.3 Å². The summed E-state index contributed by atoms with van der Waals surface area (Å²) in [5.74, 6) is -0.595. The van der Waals surface area contributed by atoms with Crippen LogP contribution < -0.4 is 10.5 Å². The number of nitrogens with two attached hydrogens (primary N) is 1. The minimum atomic E-state index is -3.47. The van der Waals surface area contributed by atoms with Gasteiger partial charge in [0.2, 0.25) is 10.0 Å². The van der Waals surface area contributed by atoms with Gasteiger partial charge in [-0.2, -0.15) is 0 Å². The molecule has 0 aliphatic heterocycles. The fourth-order valence-electron chi connectivity index (χ4n) is 1.52. The van der Waals surface area contributed by atoms with Gasteiger partial charge in [-0.1, -0.05) is 6.08 Å². The molecule has 0 aromatic heterocycles. The van der Waals surface area contributed by atoms with Crippen LogP contribution in [0.2, 0.25) is 0 Å². The molecule has 15 heavy (non-hydrogen) atoms. The Morgan fingerprint density at radius 1 is 1.60 bits per heavy atom. The molecule has 0 aromatic rings. The van der Waals surface area contributed by atoms with Gasteiger partial charge in [0.1, 0.15) is 5.54 Å². The van der Waals surface area contributed by atoms with E-state index in [2.05, 4.69) is 4.72 Å². The van der Waals surface area contributed by atoms with Crippen LogP contribution in [-0.4, -0.2) is 25.1 Å². The van der Waals surface area contributed by atoms with Gasteiger partial charge in [0.05, 0.1) is 5.25 Å². The maximum atomic E-state index is 11.6. The molecule has 0 saturated heterocycles. The number of carbonyl (C=O) groups excluding carboxylic acids is 1. The van der Waals surface area contributed by atoms with E-state index in [1.807, 2.05) is 0 Å². The average Bonchev–Trinajstić information content (AvgIpc) is 2.97. The molecule has 6 heteroatoms. The topological polar surface area (TPSA) is 89.3 Å². The molecule has 0 spiro atoms. The quantitative estimate of drug-likeness (QED) is 0.648. The normalized spacial score (nSPS) is 32.8. The van der Waals surface area contributed by atoms with Crippen LogP contribution in [-0.2, 0) is 14.8 Å². The lowest BCUT2D eigenvalue weighted by Gasteiger charge is -2.09. The number of sulfonamides is 1. The predicted octanol–water partition coefficient (Wildman–Crippen LogP) is -0.358. The Labute approximate surface area is 88.8 Å². The van der Waals surface area contributed by atoms with Crippen LogP contribution in [0.15, 0.2) is 11.6 Å². The highest BCUT2D eigenvalue weighted by atomic mass is 32.2. The van der Waals surface area contributed by atoms with Crippen LogP contribution in [0.5, 0.6) is 0 Å². The zero-order valence-corrected chi connectivity index (χ0v) is 9.30. The highest BCUT2D eigenvalue weighted by Gasteiger charge is 2.53. The molecule has 0 unspecified atom stereocenters. The van der Waals surface area contributed by atoms with E-state index in [1.165, 1.54) is 0 Å². The molecule has 3 N–H and O–H groups in total. The lowest BCUT2D eigenvalue weighted by atomic mass is 10.2. The minimum Gasteiger partial charge on any atom is -0.314 e. The van der Waals surface area contributed by atoms with Crippen LogP contribution in [0.1, 0.15) is 26.2 Å². The van der Waals surface area contributed by atoms with Gasteiger partial charge < -0.3 is 5.73 Å². The molecule has 2 rings (SSSR count). The third kappa shape index (κ3) is 1.79. The molecule has 0 heterocycles. The third-order valence-corrected chi connectivity index (χ3v) is 4.69. The van der Waals surface area contributed by atoms with Crippen molar-refractivity contribution in [1.29, 1.82) is 0 Å². The molecular formula is C9H14N2O3S. The number of rotatable bonds is 3. The molecule has 2 fully saturated rings. The number of nitrogens with one attached hydrogen (secondary N) is 1. The molecule has 5 nitrogen and oxygen atoms in total. The van der Waals surface area contributed by atoms with Gasteiger partial charge in [0, 0.05) is 6.42 Å². The first kappa shape index (κ1) is 10.6. The SMILES string of the molecule is C/C=C1\C[C@]1(N)C(=O)NS(=O)(=O)C1CC1. The number of hydrogen-bond acceptors (Lipinski definition) is 4. The maximum Gasteiger partial charge on any atom is 0.258 e. The smallest absolute Gasteiger partial charge is 0.258 e. The molecule has 0 aromatic carbocycles. The fraction of sp³-hybridized carbons (Fsp3) is 0.667. The van der Waals surface area contributed by atoms with Crippen molar-refractivity contribution in [2.75, 3.05) is 0 Å². The average molecular weight is 230 g/mol. The fourth-order valence-corrected chi connectivity index (χ4v) is 2.89. The van der Waals surface area contributed by atoms with Gasteiger partial charge in [-0.05, 0) is 25.3 Å². The lowest BCUT2D eigenvalue weighted by molar-refractivity contribution is -0.121. The van der Waals surface area contributed by atoms with Gasteiger partial charge in [-0.25, -0.2) is 8.42 Å². The summed E-state index contributed by atoms with van der Waals surface area (Å²) in [5.41, 5.74) is 5.45. The summed E-state index contributed by atoms with van der Waals surface area (Å²) in [5, 5.41) is -0.391. The molecule has 2 aliphatic carbocycles. The summed E-state index contributed by atoms with van der Waals surface area (Å²) in [7, 11) is -3.47. The third-order valence-electron chi connectivity index (χ3n) is 2.87. The van der Waals surface area contributed by atoms with Crippen molar-refractivity contribution < 1.29 is 13.2 Å². The maximum absolute atomic E-state index is 11.6. The van der Waals surface area contributed by atoms with Crippen LogP contribution in [0.3, 0.4) is 0 Å². The van der Waals surface area contributed by atoms with Crippen LogP contribution in [0.4, 0.5) is 0 Å². The minimum absolute atomic E-state index is 0.391. The largest absolute Gasteiger partial charge is 0.314 e. The monoisotopic (exact) mass is 230 g/mol. The Morgan fingerprint density at radius 3 is 2.60 bits per heavy atom. The second kappa shape index (κ2) is 3.05. The zero-order chi connectivity index (χ0) is 11.3. The van der Waals surface area contributed by atoms with Crippen molar-refractivity contribution in [3.63, 3.8) is 0 Å². The highest BCUT2D eigenvalue weighted by Crippen LogP contribution is 2.40. The molecule has 2 aliphatic rings. The Kier molecular flexibility index (Phi) is 2.16. The summed E-state index contributed by atoms with van der Waals surface area (Å²) in [4.78, 5) is 11.6. The van der Waals surface area contributed by atoms with Gasteiger partial charge in [0.15, 0.2) is 0 Å². The van der Waals surface area contributed by atoms with Crippen molar-refractivity contribution in [2.45, 2.75) is 37.0 Å². The van der Waals surface area contributed by atoms with E-state index in [1.54, 1.807) is 13.0 Å². The number of carbonyl (C=O) groups is 1. The highest BCUT2D eigenvalue weighted by molar-refractivity contribution is 7.91. The molecule has 0 radical (unpaired) electrons. The van der Waals surface area contributed by atoms with E-state index in [9.17, 15) is 13.2 Å². The van der Waals surface area contributed by atoms with Gasteiger partial charge >= 0.3 is 0 Å². The summed E-state index contributed by atoms with van der Waals surface area (Å²) in [6.07, 6.45) is 3.48. The molecule has 84 valence electrons. The Balaban J connectivity index is 2.05. The van der Waals surface area contributed by atoms with Crippen molar-refractivity contribution in [2.24, 2.45) is 5.73 Å². The van der Waals surface area contributed by atoms with E-state index in [-0.39, 0.29) is 0 Å². The molecule has 2 saturated carbocycles.